The monoisotopic (exact) mass is 324 g/mol. The summed E-state index contributed by atoms with van der Waals surface area (Å²) in [5.74, 6) is -0.480. The predicted octanol–water partition coefficient (Wildman–Crippen LogP) is 4.18. The van der Waals surface area contributed by atoms with Gasteiger partial charge < -0.3 is 9.47 Å². The van der Waals surface area contributed by atoms with Crippen molar-refractivity contribution in [3.05, 3.63) is 71.3 Å². The molecule has 24 heavy (non-hydrogen) atoms. The van der Waals surface area contributed by atoms with E-state index in [4.69, 9.17) is 9.47 Å². The van der Waals surface area contributed by atoms with E-state index in [9.17, 15) is 9.59 Å². The largest absolute Gasteiger partial charge is 0.462 e. The molecule has 0 aliphatic heterocycles. The van der Waals surface area contributed by atoms with Crippen LogP contribution in [0.2, 0.25) is 0 Å². The fourth-order valence-corrected chi connectivity index (χ4v) is 1.93. The van der Waals surface area contributed by atoms with E-state index < -0.39 is 5.97 Å². The average molecular weight is 324 g/mol. The molecular weight excluding hydrogens is 304 g/mol. The molecule has 0 aromatic heterocycles. The van der Waals surface area contributed by atoms with Crippen molar-refractivity contribution in [3.8, 4) is 5.75 Å². The normalized spacial score (nSPS) is 10.6. The Bertz CT molecular complexity index is 712. The number of ether oxygens (including phenoxy) is 2. The van der Waals surface area contributed by atoms with E-state index >= 15 is 0 Å². The number of benzene rings is 2. The molecule has 0 spiro atoms. The number of esters is 2. The summed E-state index contributed by atoms with van der Waals surface area (Å²) in [4.78, 5) is 23.5. The van der Waals surface area contributed by atoms with Crippen molar-refractivity contribution in [2.75, 3.05) is 6.61 Å². The Morgan fingerprint density at radius 1 is 1.00 bits per heavy atom. The Morgan fingerprint density at radius 3 is 2.29 bits per heavy atom. The maximum absolute atomic E-state index is 11.8. The summed E-state index contributed by atoms with van der Waals surface area (Å²) in [7, 11) is 0. The van der Waals surface area contributed by atoms with E-state index in [-0.39, 0.29) is 5.97 Å². The number of aryl methyl sites for hydroxylation is 1. The highest BCUT2D eigenvalue weighted by Crippen LogP contribution is 2.14. The van der Waals surface area contributed by atoms with Gasteiger partial charge >= 0.3 is 11.9 Å². The summed E-state index contributed by atoms with van der Waals surface area (Å²) in [6.07, 6.45) is 3.83. The van der Waals surface area contributed by atoms with E-state index in [0.717, 1.165) is 17.5 Å². The molecule has 0 aliphatic carbocycles. The quantitative estimate of drug-likeness (QED) is 0.454. The number of hydrogen-bond donors (Lipinski definition) is 0. The highest BCUT2D eigenvalue weighted by Gasteiger charge is 2.07. The van der Waals surface area contributed by atoms with Crippen LogP contribution in [-0.4, -0.2) is 18.5 Å². The minimum atomic E-state index is -0.475. The van der Waals surface area contributed by atoms with Gasteiger partial charge in [0.15, 0.2) is 0 Å². The first-order valence-corrected chi connectivity index (χ1v) is 7.82. The minimum Gasteiger partial charge on any atom is -0.462 e. The van der Waals surface area contributed by atoms with Gasteiger partial charge in [-0.3, -0.25) is 0 Å². The molecule has 0 unspecified atom stereocenters. The molecule has 0 saturated carbocycles. The molecule has 0 heterocycles. The maximum Gasteiger partial charge on any atom is 0.338 e. The highest BCUT2D eigenvalue weighted by atomic mass is 16.5. The van der Waals surface area contributed by atoms with Crippen molar-refractivity contribution in [1.82, 2.24) is 0 Å². The van der Waals surface area contributed by atoms with Crippen LogP contribution in [0.1, 0.15) is 34.8 Å². The molecule has 0 aliphatic rings. The smallest absolute Gasteiger partial charge is 0.338 e. The van der Waals surface area contributed by atoms with Gasteiger partial charge in [0.2, 0.25) is 0 Å². The summed E-state index contributed by atoms with van der Waals surface area (Å²) in [6.45, 7) is 4.32. The van der Waals surface area contributed by atoms with Crippen molar-refractivity contribution in [2.24, 2.45) is 0 Å². The van der Waals surface area contributed by atoms with Gasteiger partial charge in [-0.25, -0.2) is 9.59 Å². The summed E-state index contributed by atoms with van der Waals surface area (Å²) < 4.78 is 10.2. The van der Waals surface area contributed by atoms with Gasteiger partial charge in [0.05, 0.1) is 12.2 Å². The van der Waals surface area contributed by atoms with E-state index in [1.165, 1.54) is 6.08 Å². The van der Waals surface area contributed by atoms with Crippen LogP contribution < -0.4 is 4.74 Å². The molecular formula is C20H20O4. The Morgan fingerprint density at radius 2 is 1.67 bits per heavy atom. The van der Waals surface area contributed by atoms with Crippen LogP contribution in [0, 0.1) is 6.92 Å². The molecule has 2 aromatic carbocycles. The lowest BCUT2D eigenvalue weighted by atomic mass is 10.1. The van der Waals surface area contributed by atoms with Crippen LogP contribution in [0.15, 0.2) is 54.6 Å². The summed E-state index contributed by atoms with van der Waals surface area (Å²) >= 11 is 0. The molecule has 0 amide bonds. The average Bonchev–Trinajstić information content (AvgIpc) is 2.60. The Labute approximate surface area is 141 Å². The van der Waals surface area contributed by atoms with E-state index in [0.29, 0.717) is 17.9 Å². The van der Waals surface area contributed by atoms with Gasteiger partial charge in [-0.1, -0.05) is 36.8 Å². The second-order valence-electron chi connectivity index (χ2n) is 5.33. The van der Waals surface area contributed by atoms with Gasteiger partial charge in [0, 0.05) is 6.08 Å². The van der Waals surface area contributed by atoms with Crippen molar-refractivity contribution in [1.29, 1.82) is 0 Å². The first kappa shape index (κ1) is 17.5. The van der Waals surface area contributed by atoms with E-state index in [1.807, 2.05) is 38.1 Å². The van der Waals surface area contributed by atoms with Gasteiger partial charge in [0.1, 0.15) is 5.75 Å². The maximum atomic E-state index is 11.8. The topological polar surface area (TPSA) is 52.6 Å². The summed E-state index contributed by atoms with van der Waals surface area (Å²) in [5.41, 5.74) is 2.51. The summed E-state index contributed by atoms with van der Waals surface area (Å²) in [5, 5.41) is 0. The Hall–Kier alpha value is -2.88. The zero-order chi connectivity index (χ0) is 17.4. The van der Waals surface area contributed by atoms with Crippen molar-refractivity contribution in [2.45, 2.75) is 20.3 Å². The molecule has 0 fully saturated rings. The fourth-order valence-electron chi connectivity index (χ4n) is 1.93. The van der Waals surface area contributed by atoms with Crippen molar-refractivity contribution < 1.29 is 19.1 Å². The number of hydrogen-bond acceptors (Lipinski definition) is 4. The lowest BCUT2D eigenvalue weighted by Gasteiger charge is -2.04. The van der Waals surface area contributed by atoms with Crippen molar-refractivity contribution in [3.63, 3.8) is 0 Å². The van der Waals surface area contributed by atoms with Gasteiger partial charge in [-0.15, -0.1) is 0 Å². The third-order valence-electron chi connectivity index (χ3n) is 3.23. The lowest BCUT2D eigenvalue weighted by molar-refractivity contribution is -0.128. The van der Waals surface area contributed by atoms with Crippen LogP contribution in [0.4, 0.5) is 0 Å². The fraction of sp³-hybridized carbons (Fsp3) is 0.200. The molecule has 124 valence electrons. The van der Waals surface area contributed by atoms with Crippen LogP contribution in [0.25, 0.3) is 6.08 Å². The van der Waals surface area contributed by atoms with Crippen LogP contribution in [0.5, 0.6) is 5.75 Å². The standard InChI is InChI=1S/C20H20O4/c1-3-14-23-20(22)17-9-11-18(12-10-17)24-19(21)13-8-16-6-4-15(2)5-7-16/h4-13H,3,14H2,1-2H3. The molecule has 2 rings (SSSR count). The molecule has 0 radical (unpaired) electrons. The van der Waals surface area contributed by atoms with Gasteiger partial charge in [0.25, 0.3) is 0 Å². The number of carbonyl (C=O) groups is 2. The zero-order valence-corrected chi connectivity index (χ0v) is 13.8. The molecule has 0 N–H and O–H groups in total. The lowest BCUT2D eigenvalue weighted by Crippen LogP contribution is -2.07. The van der Waals surface area contributed by atoms with Crippen LogP contribution in [-0.2, 0) is 9.53 Å². The number of rotatable bonds is 6. The Balaban J connectivity index is 1.92. The first-order chi connectivity index (χ1) is 11.6. The second kappa shape index (κ2) is 8.67. The van der Waals surface area contributed by atoms with Crippen LogP contribution >= 0.6 is 0 Å². The first-order valence-electron chi connectivity index (χ1n) is 7.82. The second-order valence-corrected chi connectivity index (χ2v) is 5.33. The third kappa shape index (κ3) is 5.39. The van der Waals surface area contributed by atoms with Gasteiger partial charge in [-0.05, 0) is 49.2 Å². The van der Waals surface area contributed by atoms with E-state index in [1.54, 1.807) is 30.3 Å². The molecule has 0 bridgehead atoms. The Kier molecular flexibility index (Phi) is 6.32. The predicted molar refractivity (Wildman–Crippen MR) is 92.9 cm³/mol. The molecule has 4 nitrogen and oxygen atoms in total. The van der Waals surface area contributed by atoms with E-state index in [2.05, 4.69) is 0 Å². The minimum absolute atomic E-state index is 0.376. The molecule has 0 saturated heterocycles. The SMILES string of the molecule is CCCOC(=O)c1ccc(OC(=O)C=Cc2ccc(C)cc2)cc1. The molecule has 4 heteroatoms. The zero-order valence-electron chi connectivity index (χ0n) is 13.8. The van der Waals surface area contributed by atoms with Gasteiger partial charge in [-0.2, -0.15) is 0 Å². The highest BCUT2D eigenvalue weighted by molar-refractivity contribution is 5.90. The number of carbonyl (C=O) groups excluding carboxylic acids is 2. The third-order valence-corrected chi connectivity index (χ3v) is 3.23. The molecule has 0 atom stereocenters. The molecule has 2 aromatic rings. The summed E-state index contributed by atoms with van der Waals surface area (Å²) in [6, 6.07) is 14.1. The van der Waals surface area contributed by atoms with Crippen molar-refractivity contribution >= 4 is 18.0 Å². The van der Waals surface area contributed by atoms with Crippen LogP contribution in [0.3, 0.4) is 0 Å².